The van der Waals surface area contributed by atoms with Crippen LogP contribution in [-0.2, 0) is 9.53 Å². The Morgan fingerprint density at radius 2 is 2.06 bits per heavy atom. The Hall–Kier alpha value is -1.88. The highest BCUT2D eigenvalue weighted by Crippen LogP contribution is 2.12. The number of rotatable bonds is 2. The van der Waals surface area contributed by atoms with Crippen LogP contribution in [0.1, 0.15) is 12.5 Å². The zero-order valence-electron chi connectivity index (χ0n) is 9.23. The van der Waals surface area contributed by atoms with Gasteiger partial charge in [-0.3, -0.25) is 5.21 Å². The lowest BCUT2D eigenvalue weighted by molar-refractivity contribution is -0.135. The molecule has 86 valence electrons. The number of ether oxygens (including phenoxy) is 1. The van der Waals surface area contributed by atoms with Crippen LogP contribution in [0.2, 0.25) is 0 Å². The molecule has 0 spiro atoms. The second kappa shape index (κ2) is 5.87. The second-order valence-corrected chi connectivity index (χ2v) is 3.13. The van der Waals surface area contributed by atoms with E-state index >= 15 is 0 Å². The molecule has 0 bridgehead atoms. The molecule has 0 amide bonds. The van der Waals surface area contributed by atoms with Gasteiger partial charge in [-0.25, -0.2) is 15.3 Å². The van der Waals surface area contributed by atoms with E-state index in [1.807, 2.05) is 19.1 Å². The molecule has 1 aromatic carbocycles. The van der Waals surface area contributed by atoms with E-state index in [0.717, 1.165) is 5.56 Å². The third-order valence-electron chi connectivity index (χ3n) is 1.85. The number of carbonyl (C=O) groups excluding carboxylic acids is 1. The summed E-state index contributed by atoms with van der Waals surface area (Å²) in [4.78, 5) is 15.2. The third kappa shape index (κ3) is 3.36. The van der Waals surface area contributed by atoms with Gasteiger partial charge in [0.05, 0.1) is 12.3 Å². The number of aliphatic imine (C=N–C) groups is 1. The predicted octanol–water partition coefficient (Wildman–Crippen LogP) is 1.57. The number of nitrogens with zero attached hydrogens (tertiary/aromatic N) is 1. The number of benzene rings is 1. The SMILES string of the molecule is CCOC(=O)C(=Nc1ccc(C)cc1)NO. The Labute approximate surface area is 93.7 Å². The average Bonchev–Trinajstić information content (AvgIpc) is 2.28. The van der Waals surface area contributed by atoms with E-state index < -0.39 is 5.97 Å². The normalized spacial score (nSPS) is 11.1. The number of hydroxylamine groups is 1. The maximum atomic E-state index is 11.3. The minimum absolute atomic E-state index is 0.230. The van der Waals surface area contributed by atoms with Gasteiger partial charge in [-0.2, -0.15) is 0 Å². The van der Waals surface area contributed by atoms with Crippen molar-refractivity contribution in [2.24, 2.45) is 4.99 Å². The molecule has 5 nitrogen and oxygen atoms in total. The highest BCUT2D eigenvalue weighted by atomic mass is 16.5. The fourth-order valence-corrected chi connectivity index (χ4v) is 1.06. The highest BCUT2D eigenvalue weighted by Gasteiger charge is 2.11. The van der Waals surface area contributed by atoms with Crippen LogP contribution in [0.4, 0.5) is 5.69 Å². The molecular weight excluding hydrogens is 208 g/mol. The minimum Gasteiger partial charge on any atom is -0.460 e. The van der Waals surface area contributed by atoms with Crippen molar-refractivity contribution >= 4 is 17.5 Å². The van der Waals surface area contributed by atoms with Crippen LogP contribution in [0.15, 0.2) is 29.3 Å². The summed E-state index contributed by atoms with van der Waals surface area (Å²) in [5.41, 5.74) is 3.38. The van der Waals surface area contributed by atoms with Crippen molar-refractivity contribution in [3.63, 3.8) is 0 Å². The van der Waals surface area contributed by atoms with E-state index in [-0.39, 0.29) is 12.4 Å². The Morgan fingerprint density at radius 3 is 2.56 bits per heavy atom. The third-order valence-corrected chi connectivity index (χ3v) is 1.85. The quantitative estimate of drug-likeness (QED) is 0.345. The molecule has 2 N–H and O–H groups in total. The van der Waals surface area contributed by atoms with E-state index in [0.29, 0.717) is 5.69 Å². The molecule has 1 aromatic rings. The van der Waals surface area contributed by atoms with Crippen molar-refractivity contribution in [1.82, 2.24) is 5.48 Å². The van der Waals surface area contributed by atoms with Gasteiger partial charge in [0.1, 0.15) is 0 Å². The molecule has 0 saturated carbocycles. The number of hydrogen-bond donors (Lipinski definition) is 2. The number of esters is 1. The van der Waals surface area contributed by atoms with Crippen molar-refractivity contribution in [2.45, 2.75) is 13.8 Å². The largest absolute Gasteiger partial charge is 0.460 e. The topological polar surface area (TPSA) is 70.9 Å². The van der Waals surface area contributed by atoms with E-state index in [9.17, 15) is 4.79 Å². The Kier molecular flexibility index (Phi) is 4.47. The molecule has 0 aliphatic rings. The van der Waals surface area contributed by atoms with Crippen molar-refractivity contribution < 1.29 is 14.7 Å². The minimum atomic E-state index is -0.689. The van der Waals surface area contributed by atoms with Crippen LogP contribution in [0.3, 0.4) is 0 Å². The van der Waals surface area contributed by atoms with E-state index in [4.69, 9.17) is 9.94 Å². The van der Waals surface area contributed by atoms with Crippen LogP contribution in [0, 0.1) is 6.92 Å². The summed E-state index contributed by atoms with van der Waals surface area (Å²) in [6, 6.07) is 7.20. The van der Waals surface area contributed by atoms with Gasteiger partial charge in [0, 0.05) is 0 Å². The van der Waals surface area contributed by atoms with Crippen LogP contribution in [0.5, 0.6) is 0 Å². The Balaban J connectivity index is 2.87. The van der Waals surface area contributed by atoms with Crippen LogP contribution >= 0.6 is 0 Å². The van der Waals surface area contributed by atoms with Crippen LogP contribution < -0.4 is 5.48 Å². The van der Waals surface area contributed by atoms with Gasteiger partial charge >= 0.3 is 5.97 Å². The molecule has 0 aromatic heterocycles. The van der Waals surface area contributed by atoms with Gasteiger partial charge in [-0.15, -0.1) is 0 Å². The van der Waals surface area contributed by atoms with Gasteiger partial charge in [-0.05, 0) is 26.0 Å². The van der Waals surface area contributed by atoms with Crippen LogP contribution in [-0.4, -0.2) is 23.6 Å². The van der Waals surface area contributed by atoms with Gasteiger partial charge in [0.15, 0.2) is 0 Å². The molecule has 5 heteroatoms. The molecule has 0 unspecified atom stereocenters. The summed E-state index contributed by atoms with van der Waals surface area (Å²) in [7, 11) is 0. The summed E-state index contributed by atoms with van der Waals surface area (Å²) in [5, 5.41) is 8.76. The van der Waals surface area contributed by atoms with Crippen molar-refractivity contribution in [2.75, 3.05) is 6.61 Å². The van der Waals surface area contributed by atoms with Crippen molar-refractivity contribution in [1.29, 1.82) is 0 Å². The van der Waals surface area contributed by atoms with Gasteiger partial charge < -0.3 is 4.74 Å². The first-order valence-corrected chi connectivity index (χ1v) is 4.90. The smallest absolute Gasteiger partial charge is 0.376 e. The molecule has 1 rings (SSSR count). The summed E-state index contributed by atoms with van der Waals surface area (Å²) in [6.07, 6.45) is 0. The predicted molar refractivity (Wildman–Crippen MR) is 59.8 cm³/mol. The lowest BCUT2D eigenvalue weighted by Gasteiger charge is -2.03. The molecule has 0 atom stereocenters. The summed E-state index contributed by atoms with van der Waals surface area (Å²) in [5.74, 6) is -0.920. The average molecular weight is 222 g/mol. The first-order valence-electron chi connectivity index (χ1n) is 4.90. The zero-order valence-corrected chi connectivity index (χ0v) is 9.23. The molecule has 0 aliphatic carbocycles. The Bertz CT molecular complexity index is 385. The summed E-state index contributed by atoms with van der Waals surface area (Å²) in [6.45, 7) is 3.86. The van der Waals surface area contributed by atoms with Gasteiger partial charge in [0.25, 0.3) is 0 Å². The molecule has 0 fully saturated rings. The molecular formula is C11H14N2O3. The summed E-state index contributed by atoms with van der Waals surface area (Å²) < 4.78 is 4.70. The zero-order chi connectivity index (χ0) is 12.0. The molecule has 0 aliphatic heterocycles. The number of aryl methyl sites for hydroxylation is 1. The van der Waals surface area contributed by atoms with E-state index in [1.54, 1.807) is 24.5 Å². The first-order chi connectivity index (χ1) is 7.67. The fourth-order valence-electron chi connectivity index (χ4n) is 1.06. The monoisotopic (exact) mass is 222 g/mol. The first kappa shape index (κ1) is 12.2. The molecule has 0 heterocycles. The Morgan fingerprint density at radius 1 is 1.44 bits per heavy atom. The lowest BCUT2D eigenvalue weighted by Crippen LogP contribution is -2.30. The number of nitrogens with one attached hydrogen (secondary N) is 1. The van der Waals surface area contributed by atoms with E-state index in [1.165, 1.54) is 0 Å². The highest BCUT2D eigenvalue weighted by molar-refractivity contribution is 6.35. The van der Waals surface area contributed by atoms with Crippen molar-refractivity contribution in [3.8, 4) is 0 Å². The lowest BCUT2D eigenvalue weighted by atomic mass is 10.2. The maximum absolute atomic E-state index is 11.3. The maximum Gasteiger partial charge on any atom is 0.376 e. The number of carbonyl (C=O) groups is 1. The standard InChI is InChI=1S/C11H14N2O3/c1-3-16-11(14)10(13-15)12-9-6-4-8(2)5-7-9/h4-7,15H,3H2,1-2H3,(H,12,13). The van der Waals surface area contributed by atoms with Gasteiger partial charge in [0.2, 0.25) is 5.84 Å². The number of hydrogen-bond acceptors (Lipinski definition) is 4. The second-order valence-electron chi connectivity index (χ2n) is 3.13. The molecule has 16 heavy (non-hydrogen) atoms. The van der Waals surface area contributed by atoms with Crippen molar-refractivity contribution in [3.05, 3.63) is 29.8 Å². The van der Waals surface area contributed by atoms with E-state index in [2.05, 4.69) is 4.99 Å². The fraction of sp³-hybridized carbons (Fsp3) is 0.273. The van der Waals surface area contributed by atoms with Gasteiger partial charge in [-0.1, -0.05) is 17.7 Å². The molecule has 0 saturated heterocycles. The van der Waals surface area contributed by atoms with Crippen LogP contribution in [0.25, 0.3) is 0 Å². The molecule has 0 radical (unpaired) electrons. The number of amidine groups is 1. The summed E-state index contributed by atoms with van der Waals surface area (Å²) >= 11 is 0.